The molecule has 1 aliphatic heterocycles. The van der Waals surface area contributed by atoms with Gasteiger partial charge in [0.05, 0.1) is 25.8 Å². The van der Waals surface area contributed by atoms with Crippen LogP contribution in [0.5, 0.6) is 0 Å². The molecule has 7 nitrogen and oxygen atoms in total. The first kappa shape index (κ1) is 16.5. The van der Waals surface area contributed by atoms with Gasteiger partial charge in [-0.1, -0.05) is 12.1 Å². The second-order valence-corrected chi connectivity index (χ2v) is 6.46. The summed E-state index contributed by atoms with van der Waals surface area (Å²) < 4.78 is 11.3. The topological polar surface area (TPSA) is 94.5 Å². The van der Waals surface area contributed by atoms with E-state index in [4.69, 9.17) is 14.9 Å². The summed E-state index contributed by atoms with van der Waals surface area (Å²) in [6.45, 7) is 3.41. The third kappa shape index (κ3) is 3.13. The lowest BCUT2D eigenvalue weighted by molar-refractivity contribution is -0.138. The van der Waals surface area contributed by atoms with Crippen LogP contribution in [0.4, 0.5) is 5.82 Å². The number of morpholine rings is 1. The number of nitrogen functional groups attached to an aromatic ring is 1. The Kier molecular flexibility index (Phi) is 4.30. The molecule has 134 valence electrons. The van der Waals surface area contributed by atoms with Gasteiger partial charge in [-0.3, -0.25) is 9.78 Å². The zero-order chi connectivity index (χ0) is 18.1. The lowest BCUT2D eigenvalue weighted by atomic mass is 10.1. The number of aryl methyl sites for hydroxylation is 1. The summed E-state index contributed by atoms with van der Waals surface area (Å²) >= 11 is 0. The highest BCUT2D eigenvalue weighted by atomic mass is 16.5. The minimum atomic E-state index is -0.356. The highest BCUT2D eigenvalue weighted by Crippen LogP contribution is 2.26. The van der Waals surface area contributed by atoms with Gasteiger partial charge in [-0.15, -0.1) is 0 Å². The van der Waals surface area contributed by atoms with Crippen molar-refractivity contribution in [2.24, 2.45) is 0 Å². The van der Waals surface area contributed by atoms with Crippen LogP contribution in [0.1, 0.15) is 22.9 Å². The molecule has 4 rings (SSSR count). The molecule has 2 N–H and O–H groups in total. The molecule has 0 radical (unpaired) electrons. The van der Waals surface area contributed by atoms with E-state index in [1.54, 1.807) is 17.4 Å². The Morgan fingerprint density at radius 2 is 2.19 bits per heavy atom. The number of nitrogens with two attached hydrogens (primary N) is 1. The number of hydrogen-bond donors (Lipinski definition) is 1. The summed E-state index contributed by atoms with van der Waals surface area (Å²) in [6.07, 6.45) is 4.72. The highest BCUT2D eigenvalue weighted by Gasteiger charge is 2.28. The first-order chi connectivity index (χ1) is 12.6. The maximum absolute atomic E-state index is 12.8. The summed E-state index contributed by atoms with van der Waals surface area (Å²) in [5, 5.41) is 0.979. The van der Waals surface area contributed by atoms with E-state index in [9.17, 15) is 4.79 Å². The fraction of sp³-hybridized carbons (Fsp3) is 0.316. The van der Waals surface area contributed by atoms with Gasteiger partial charge >= 0.3 is 0 Å². The molecule has 1 fully saturated rings. The second kappa shape index (κ2) is 6.76. The van der Waals surface area contributed by atoms with Crippen molar-refractivity contribution in [2.75, 3.05) is 25.4 Å². The Morgan fingerprint density at radius 3 is 3.04 bits per heavy atom. The van der Waals surface area contributed by atoms with Crippen LogP contribution in [-0.4, -0.2) is 40.5 Å². The summed E-state index contributed by atoms with van der Waals surface area (Å²) in [4.78, 5) is 22.9. The number of carbonyl (C=O) groups is 1. The SMILES string of the molecule is Cc1ccc2c(CC(=O)N3CCO[C@H](c4nccnc4N)C3)coc2c1. The molecule has 0 spiro atoms. The van der Waals surface area contributed by atoms with Crippen molar-refractivity contribution in [2.45, 2.75) is 19.4 Å². The number of hydrogen-bond acceptors (Lipinski definition) is 6. The van der Waals surface area contributed by atoms with Gasteiger partial charge < -0.3 is 19.8 Å². The Bertz CT molecular complexity index is 953. The van der Waals surface area contributed by atoms with E-state index >= 15 is 0 Å². The van der Waals surface area contributed by atoms with Gasteiger partial charge in [-0.05, 0) is 18.6 Å². The molecular weight excluding hydrogens is 332 g/mol. The van der Waals surface area contributed by atoms with E-state index in [0.717, 1.165) is 22.1 Å². The number of amides is 1. The van der Waals surface area contributed by atoms with Gasteiger partial charge in [0.2, 0.25) is 5.91 Å². The zero-order valence-corrected chi connectivity index (χ0v) is 14.5. The van der Waals surface area contributed by atoms with E-state index in [2.05, 4.69) is 9.97 Å². The maximum Gasteiger partial charge on any atom is 0.227 e. The minimum absolute atomic E-state index is 0.0315. The van der Waals surface area contributed by atoms with E-state index in [1.165, 1.54) is 6.20 Å². The minimum Gasteiger partial charge on any atom is -0.464 e. The van der Waals surface area contributed by atoms with Gasteiger partial charge in [0.15, 0.2) is 0 Å². The lowest BCUT2D eigenvalue weighted by Crippen LogP contribution is -2.43. The predicted molar refractivity (Wildman–Crippen MR) is 96.4 cm³/mol. The number of nitrogens with zero attached hydrogens (tertiary/aromatic N) is 3. The molecule has 1 amide bonds. The molecule has 0 aliphatic carbocycles. The fourth-order valence-electron chi connectivity index (χ4n) is 3.25. The van der Waals surface area contributed by atoms with Crippen LogP contribution >= 0.6 is 0 Å². The largest absolute Gasteiger partial charge is 0.464 e. The molecule has 26 heavy (non-hydrogen) atoms. The van der Waals surface area contributed by atoms with Crippen molar-refractivity contribution in [3.63, 3.8) is 0 Å². The van der Waals surface area contributed by atoms with E-state index in [-0.39, 0.29) is 12.0 Å². The Balaban J connectivity index is 1.50. The smallest absolute Gasteiger partial charge is 0.227 e. The van der Waals surface area contributed by atoms with Gasteiger partial charge in [0.1, 0.15) is 23.2 Å². The number of anilines is 1. The summed E-state index contributed by atoms with van der Waals surface area (Å²) in [6, 6.07) is 6.00. The summed E-state index contributed by atoms with van der Waals surface area (Å²) in [5.41, 5.74) is 9.29. The van der Waals surface area contributed by atoms with Crippen LogP contribution in [0.3, 0.4) is 0 Å². The molecular formula is C19H20N4O3. The molecule has 2 aromatic heterocycles. The van der Waals surface area contributed by atoms with Gasteiger partial charge in [-0.2, -0.15) is 0 Å². The average Bonchev–Trinajstić information content (AvgIpc) is 3.04. The molecule has 1 saturated heterocycles. The van der Waals surface area contributed by atoms with Crippen molar-refractivity contribution in [3.05, 3.63) is 53.7 Å². The molecule has 0 saturated carbocycles. The third-order valence-corrected chi connectivity index (χ3v) is 4.63. The molecule has 3 heterocycles. The Morgan fingerprint density at radius 1 is 1.35 bits per heavy atom. The monoisotopic (exact) mass is 352 g/mol. The van der Waals surface area contributed by atoms with Crippen LogP contribution in [0.2, 0.25) is 0 Å². The molecule has 0 bridgehead atoms. The van der Waals surface area contributed by atoms with Crippen molar-refractivity contribution >= 4 is 22.7 Å². The number of rotatable bonds is 3. The Labute approximate surface area is 150 Å². The van der Waals surface area contributed by atoms with E-state index < -0.39 is 0 Å². The number of ether oxygens (including phenoxy) is 1. The molecule has 3 aromatic rings. The lowest BCUT2D eigenvalue weighted by Gasteiger charge is -2.32. The number of carbonyl (C=O) groups excluding carboxylic acids is 1. The van der Waals surface area contributed by atoms with Crippen LogP contribution in [0, 0.1) is 6.92 Å². The number of aromatic nitrogens is 2. The number of furan rings is 1. The maximum atomic E-state index is 12.8. The van der Waals surface area contributed by atoms with Gasteiger partial charge in [0, 0.05) is 29.9 Å². The van der Waals surface area contributed by atoms with Crippen LogP contribution in [0.15, 0.2) is 41.3 Å². The fourth-order valence-corrected chi connectivity index (χ4v) is 3.25. The van der Waals surface area contributed by atoms with Crippen molar-refractivity contribution in [1.82, 2.24) is 14.9 Å². The predicted octanol–water partition coefficient (Wildman–Crippen LogP) is 2.26. The van der Waals surface area contributed by atoms with E-state index in [1.807, 2.05) is 25.1 Å². The van der Waals surface area contributed by atoms with Crippen LogP contribution < -0.4 is 5.73 Å². The highest BCUT2D eigenvalue weighted by molar-refractivity contribution is 5.88. The first-order valence-corrected chi connectivity index (χ1v) is 8.54. The molecule has 7 heteroatoms. The number of fused-ring (bicyclic) bond motifs is 1. The number of benzene rings is 1. The van der Waals surface area contributed by atoms with Gasteiger partial charge in [0.25, 0.3) is 0 Å². The van der Waals surface area contributed by atoms with Crippen molar-refractivity contribution in [1.29, 1.82) is 0 Å². The van der Waals surface area contributed by atoms with Crippen molar-refractivity contribution < 1.29 is 13.9 Å². The standard InChI is InChI=1S/C19H20N4O3/c1-12-2-3-14-13(11-26-15(14)8-12)9-17(24)23-6-7-25-16(10-23)18-19(20)22-5-4-21-18/h2-5,8,11,16H,6-7,9-10H2,1H3,(H2,20,22)/t16-/m0/s1. The quantitative estimate of drug-likeness (QED) is 0.777. The first-order valence-electron chi connectivity index (χ1n) is 8.54. The van der Waals surface area contributed by atoms with Crippen LogP contribution in [-0.2, 0) is 16.0 Å². The molecule has 1 atom stereocenters. The Hall–Kier alpha value is -2.93. The van der Waals surface area contributed by atoms with Crippen molar-refractivity contribution in [3.8, 4) is 0 Å². The third-order valence-electron chi connectivity index (χ3n) is 4.63. The molecule has 1 aliphatic rings. The summed E-state index contributed by atoms with van der Waals surface area (Å²) in [5.74, 6) is 0.368. The average molecular weight is 352 g/mol. The second-order valence-electron chi connectivity index (χ2n) is 6.46. The summed E-state index contributed by atoms with van der Waals surface area (Å²) in [7, 11) is 0. The van der Waals surface area contributed by atoms with Crippen LogP contribution in [0.25, 0.3) is 11.0 Å². The van der Waals surface area contributed by atoms with Gasteiger partial charge in [-0.25, -0.2) is 4.98 Å². The zero-order valence-electron chi connectivity index (χ0n) is 14.5. The molecule has 1 aromatic carbocycles. The van der Waals surface area contributed by atoms with E-state index in [0.29, 0.717) is 37.6 Å². The molecule has 0 unspecified atom stereocenters. The normalized spacial score (nSPS) is 17.6.